The van der Waals surface area contributed by atoms with Crippen molar-refractivity contribution in [1.82, 2.24) is 14.8 Å². The second-order valence-corrected chi connectivity index (χ2v) is 8.60. The average Bonchev–Trinajstić information content (AvgIpc) is 3.43. The zero-order valence-electron chi connectivity index (χ0n) is 18.8. The van der Waals surface area contributed by atoms with Gasteiger partial charge in [-0.25, -0.2) is 23.2 Å². The molecule has 0 bridgehead atoms. The van der Waals surface area contributed by atoms with Crippen molar-refractivity contribution >= 4 is 23.4 Å². The number of hydrogen-bond acceptors (Lipinski definition) is 5. The van der Waals surface area contributed by atoms with Crippen molar-refractivity contribution in [2.45, 2.75) is 25.2 Å². The molecule has 2 aromatic heterocycles. The van der Waals surface area contributed by atoms with Gasteiger partial charge in [-0.3, -0.25) is 5.32 Å². The Morgan fingerprint density at radius 2 is 1.77 bits per heavy atom. The molecule has 8 nitrogen and oxygen atoms in total. The first-order chi connectivity index (χ1) is 16.8. The van der Waals surface area contributed by atoms with Gasteiger partial charge in [0.2, 0.25) is 0 Å². The molecule has 2 heterocycles. The molecule has 35 heavy (non-hydrogen) atoms. The van der Waals surface area contributed by atoms with Gasteiger partial charge in [0.1, 0.15) is 34.8 Å². The number of nitrogen functional groups attached to an aromatic ring is 1. The summed E-state index contributed by atoms with van der Waals surface area (Å²) >= 11 is 0. The minimum absolute atomic E-state index is 0.0358. The molecule has 0 atom stereocenters. The molecule has 0 radical (unpaired) electrons. The Bertz CT molecular complexity index is 1400. The summed E-state index contributed by atoms with van der Waals surface area (Å²) in [6.45, 7) is 2.09. The molecule has 4 N–H and O–H groups in total. The molecule has 0 spiro atoms. The van der Waals surface area contributed by atoms with Crippen molar-refractivity contribution in [2.24, 2.45) is 0 Å². The van der Waals surface area contributed by atoms with E-state index in [1.54, 1.807) is 24.3 Å². The first-order valence-corrected chi connectivity index (χ1v) is 10.9. The number of nitrogens with zero attached hydrogens (tertiary/aromatic N) is 3. The molecule has 10 heteroatoms. The molecule has 2 aromatic carbocycles. The number of hydrogen-bond donors (Lipinski definition) is 3. The van der Waals surface area contributed by atoms with Crippen LogP contribution in [0.3, 0.4) is 0 Å². The summed E-state index contributed by atoms with van der Waals surface area (Å²) < 4.78 is 35.2. The number of nitrogens with one attached hydrogen (secondary N) is 2. The predicted molar refractivity (Wildman–Crippen MR) is 128 cm³/mol. The molecule has 0 aliphatic heterocycles. The number of anilines is 3. The Morgan fingerprint density at radius 3 is 2.46 bits per heavy atom. The number of nitrogens with two attached hydrogens (primary N) is 1. The average molecular weight is 476 g/mol. The normalized spacial score (nSPS) is 13.8. The number of carbonyl (C=O) groups is 1. The monoisotopic (exact) mass is 476 g/mol. The number of pyridine rings is 1. The SMILES string of the molecule is CC1(c2cc(NC(=O)Nc3ccc(Oc4ccnc(N)c4)cc3F)n(-c3ccc(F)cc3)n2)CC1. The smallest absolute Gasteiger partial charge is 0.324 e. The maximum absolute atomic E-state index is 14.7. The van der Waals surface area contributed by atoms with E-state index in [-0.39, 0.29) is 28.5 Å². The van der Waals surface area contributed by atoms with E-state index in [2.05, 4.69) is 27.6 Å². The van der Waals surface area contributed by atoms with E-state index in [1.165, 1.54) is 41.2 Å². The third-order valence-corrected chi connectivity index (χ3v) is 5.82. The molecule has 178 valence electrons. The number of amides is 2. The van der Waals surface area contributed by atoms with Crippen LogP contribution in [0, 0.1) is 11.6 Å². The molecule has 2 amide bonds. The van der Waals surface area contributed by atoms with Gasteiger partial charge in [-0.15, -0.1) is 0 Å². The van der Waals surface area contributed by atoms with Gasteiger partial charge in [0.15, 0.2) is 0 Å². The maximum Gasteiger partial charge on any atom is 0.324 e. The summed E-state index contributed by atoms with van der Waals surface area (Å²) in [4.78, 5) is 16.6. The van der Waals surface area contributed by atoms with Crippen LogP contribution in [0.2, 0.25) is 0 Å². The first-order valence-electron chi connectivity index (χ1n) is 10.9. The molecule has 1 fully saturated rings. The lowest BCUT2D eigenvalue weighted by molar-refractivity contribution is 0.262. The maximum atomic E-state index is 14.7. The van der Waals surface area contributed by atoms with Gasteiger partial charge in [-0.05, 0) is 55.3 Å². The standard InChI is InChI=1S/C25H22F2N6O2/c1-25(9-10-25)21-14-23(33(32-21)16-4-2-15(26)3-5-16)31-24(34)30-20-7-6-17(12-19(20)27)35-18-8-11-29-22(28)13-18/h2-8,11-14H,9-10H2,1H3,(H2,28,29)(H2,30,31,34). The van der Waals surface area contributed by atoms with Gasteiger partial charge in [0, 0.05) is 29.8 Å². The summed E-state index contributed by atoms with van der Waals surface area (Å²) in [5.41, 5.74) is 6.94. The van der Waals surface area contributed by atoms with Gasteiger partial charge in [-0.1, -0.05) is 6.92 Å². The van der Waals surface area contributed by atoms with Crippen LogP contribution in [-0.4, -0.2) is 20.8 Å². The van der Waals surface area contributed by atoms with Crippen LogP contribution in [0.1, 0.15) is 25.5 Å². The van der Waals surface area contributed by atoms with Gasteiger partial charge in [-0.2, -0.15) is 5.10 Å². The second kappa shape index (κ2) is 8.71. The minimum atomic E-state index is -0.682. The predicted octanol–water partition coefficient (Wildman–Crippen LogP) is 5.62. The van der Waals surface area contributed by atoms with Gasteiger partial charge in [0.05, 0.1) is 17.1 Å². The van der Waals surface area contributed by atoms with Gasteiger partial charge in [0.25, 0.3) is 0 Å². The van der Waals surface area contributed by atoms with Crippen LogP contribution in [0.4, 0.5) is 30.9 Å². The highest BCUT2D eigenvalue weighted by atomic mass is 19.1. The van der Waals surface area contributed by atoms with E-state index in [1.807, 2.05) is 0 Å². The molecule has 0 saturated heterocycles. The molecule has 1 saturated carbocycles. The Hall–Kier alpha value is -4.47. The molecular weight excluding hydrogens is 454 g/mol. The number of urea groups is 1. The number of ether oxygens (including phenoxy) is 1. The summed E-state index contributed by atoms with van der Waals surface area (Å²) in [7, 11) is 0. The number of rotatable bonds is 6. The van der Waals surface area contributed by atoms with Crippen LogP contribution in [0.5, 0.6) is 11.5 Å². The highest BCUT2D eigenvalue weighted by Gasteiger charge is 2.42. The largest absolute Gasteiger partial charge is 0.457 e. The van der Waals surface area contributed by atoms with Crippen LogP contribution in [0.25, 0.3) is 5.69 Å². The summed E-state index contributed by atoms with van der Waals surface area (Å²) in [5, 5.41) is 9.84. The first kappa shape index (κ1) is 22.3. The van der Waals surface area contributed by atoms with E-state index >= 15 is 0 Å². The second-order valence-electron chi connectivity index (χ2n) is 8.60. The fourth-order valence-corrected chi connectivity index (χ4v) is 3.55. The summed E-state index contributed by atoms with van der Waals surface area (Å²) in [6.07, 6.45) is 3.46. The van der Waals surface area contributed by atoms with Crippen molar-refractivity contribution in [3.63, 3.8) is 0 Å². The zero-order chi connectivity index (χ0) is 24.6. The lowest BCUT2D eigenvalue weighted by Gasteiger charge is -2.12. The Balaban J connectivity index is 1.33. The van der Waals surface area contributed by atoms with Crippen molar-refractivity contribution in [2.75, 3.05) is 16.4 Å². The summed E-state index contributed by atoms with van der Waals surface area (Å²) in [5.74, 6) is 0.237. The third-order valence-electron chi connectivity index (χ3n) is 5.82. The van der Waals surface area contributed by atoms with Crippen LogP contribution < -0.4 is 21.1 Å². The van der Waals surface area contributed by atoms with Crippen molar-refractivity contribution in [3.05, 3.63) is 84.2 Å². The Kier molecular flexibility index (Phi) is 5.56. The number of aromatic nitrogens is 3. The topological polar surface area (TPSA) is 107 Å². The Labute approximate surface area is 199 Å². The highest BCUT2D eigenvalue weighted by molar-refractivity contribution is 5.99. The van der Waals surface area contributed by atoms with Crippen molar-refractivity contribution < 1.29 is 18.3 Å². The lowest BCUT2D eigenvalue weighted by Crippen LogP contribution is -2.22. The fourth-order valence-electron chi connectivity index (χ4n) is 3.55. The van der Waals surface area contributed by atoms with Gasteiger partial charge < -0.3 is 15.8 Å². The fraction of sp³-hybridized carbons (Fsp3) is 0.160. The zero-order valence-corrected chi connectivity index (χ0v) is 18.8. The van der Waals surface area contributed by atoms with E-state index in [0.29, 0.717) is 17.3 Å². The molecule has 1 aliphatic carbocycles. The van der Waals surface area contributed by atoms with E-state index in [4.69, 9.17) is 10.5 Å². The number of carbonyl (C=O) groups excluding carboxylic acids is 1. The highest BCUT2D eigenvalue weighted by Crippen LogP contribution is 2.47. The number of halogens is 2. The quantitative estimate of drug-likeness (QED) is 0.335. The number of benzene rings is 2. The van der Waals surface area contributed by atoms with E-state index in [0.717, 1.165) is 24.6 Å². The third kappa shape index (κ3) is 4.91. The molecular formula is C25H22F2N6O2. The Morgan fingerprint density at radius 1 is 1.03 bits per heavy atom. The summed E-state index contributed by atoms with van der Waals surface area (Å²) in [6, 6.07) is 14.1. The van der Waals surface area contributed by atoms with Crippen molar-refractivity contribution in [1.29, 1.82) is 0 Å². The molecule has 0 unspecified atom stereocenters. The van der Waals surface area contributed by atoms with Gasteiger partial charge >= 0.3 is 6.03 Å². The van der Waals surface area contributed by atoms with Crippen molar-refractivity contribution in [3.8, 4) is 17.2 Å². The minimum Gasteiger partial charge on any atom is -0.457 e. The lowest BCUT2D eigenvalue weighted by atomic mass is 10.1. The van der Waals surface area contributed by atoms with E-state index < -0.39 is 11.8 Å². The van der Waals surface area contributed by atoms with E-state index in [9.17, 15) is 13.6 Å². The van der Waals surface area contributed by atoms with Crippen LogP contribution in [0.15, 0.2) is 66.9 Å². The molecule has 5 rings (SSSR count). The molecule has 1 aliphatic rings. The molecule has 4 aromatic rings. The van der Waals surface area contributed by atoms with Crippen LogP contribution >= 0.6 is 0 Å². The van der Waals surface area contributed by atoms with Crippen LogP contribution in [-0.2, 0) is 5.41 Å².